The lowest BCUT2D eigenvalue weighted by molar-refractivity contribution is -0.745. The van der Waals surface area contributed by atoms with Crippen molar-refractivity contribution in [3.05, 3.63) is 46.0 Å². The number of aliphatic hydroxyl groups is 3. The van der Waals surface area contributed by atoms with Gasteiger partial charge >= 0.3 is 43.0 Å². The van der Waals surface area contributed by atoms with E-state index in [1.54, 1.807) is 6.92 Å². The third-order valence-corrected chi connectivity index (χ3v) is 17.9. The Morgan fingerprint density at radius 1 is 0.732 bits per heavy atom. The number of imidazole rings is 3. The maximum absolute atomic E-state index is 13.8. The predicted molar refractivity (Wildman–Crippen MR) is 266 cm³/mol. The first-order valence-electron chi connectivity index (χ1n) is 23.8. The van der Waals surface area contributed by atoms with Crippen LogP contribution in [0.15, 0.2) is 34.9 Å². The summed E-state index contributed by atoms with van der Waals surface area (Å²) >= 11 is 0. The van der Waals surface area contributed by atoms with E-state index in [1.165, 1.54) is 27.1 Å². The molecule has 3 aliphatic rings. The first-order chi connectivity index (χ1) is 38.6. The molecule has 6 aromatic rings. The van der Waals surface area contributed by atoms with E-state index in [4.69, 9.17) is 59.0 Å². The van der Waals surface area contributed by atoms with Crippen molar-refractivity contribution >= 4 is 88.6 Å². The van der Waals surface area contributed by atoms with E-state index >= 15 is 0 Å². The van der Waals surface area contributed by atoms with Crippen molar-refractivity contribution in [1.29, 1.82) is 0 Å². The lowest BCUT2D eigenvalue weighted by Crippen LogP contribution is -2.46. The van der Waals surface area contributed by atoms with Crippen molar-refractivity contribution in [2.24, 2.45) is 13.0 Å². The number of nitrogens with one attached hydrogen (secondary N) is 3. The van der Waals surface area contributed by atoms with Crippen LogP contribution >= 0.6 is 31.3 Å². The van der Waals surface area contributed by atoms with Gasteiger partial charge < -0.3 is 81.1 Å². The summed E-state index contributed by atoms with van der Waals surface area (Å²) in [7, 11) is -21.1. The SMILES string of the molecule is CCCNC(=O)OC[C@H]1[C@@H](O)[C@H]([n+]2cn(C)c3c(=O)[nH]c(N)nc32)O[C@@H]1COP(=O)(O)OP(=O)(O)OP(=O)(O)OC[C@H]1O[C@@H](n2cnc3c(N)ncnc32)[C@H](OC)[C@@H]1OP(=O)(O)OC[C@H]1O[C@@H](n2cnc3c(=O)[nH]c(N)nc32)[C@H](O)[C@@H]1O. The van der Waals surface area contributed by atoms with Crippen molar-refractivity contribution in [2.45, 2.75) is 80.9 Å². The van der Waals surface area contributed by atoms with E-state index in [9.17, 15) is 67.5 Å². The van der Waals surface area contributed by atoms with Gasteiger partial charge in [-0.05, 0) is 6.42 Å². The summed E-state index contributed by atoms with van der Waals surface area (Å²) in [6, 6.07) is 0. The van der Waals surface area contributed by atoms with Crippen molar-refractivity contribution in [2.75, 3.05) is 57.3 Å². The Labute approximate surface area is 456 Å². The molecule has 450 valence electrons. The van der Waals surface area contributed by atoms with Crippen LogP contribution < -0.4 is 38.2 Å². The lowest BCUT2D eigenvalue weighted by Gasteiger charge is -2.26. The molecule has 0 saturated carbocycles. The van der Waals surface area contributed by atoms with E-state index in [1.807, 2.05) is 0 Å². The van der Waals surface area contributed by atoms with Gasteiger partial charge in [-0.25, -0.2) is 47.6 Å². The van der Waals surface area contributed by atoms with Crippen LogP contribution in [-0.4, -0.2) is 183 Å². The van der Waals surface area contributed by atoms with Gasteiger partial charge in [0, 0.05) is 13.7 Å². The summed E-state index contributed by atoms with van der Waals surface area (Å²) in [5.74, 6) is -2.04. The smallest absolute Gasteiger partial charge is 0.449 e. The molecule has 1 amide bonds. The molecule has 0 aliphatic carbocycles. The molecule has 16 N–H and O–H groups in total. The van der Waals surface area contributed by atoms with Gasteiger partial charge in [-0.3, -0.25) is 51.4 Å². The number of nitrogen functional groups attached to an aromatic ring is 3. The van der Waals surface area contributed by atoms with Crippen molar-refractivity contribution in [1.82, 2.24) is 58.9 Å². The molecule has 6 aromatic heterocycles. The Hall–Kier alpha value is -5.84. The Morgan fingerprint density at radius 3 is 2.02 bits per heavy atom. The maximum atomic E-state index is 13.8. The average molecular weight is 1250 g/mol. The number of alkyl carbamates (subject to hydrolysis) is 1. The van der Waals surface area contributed by atoms with Crippen LogP contribution in [0.25, 0.3) is 33.5 Å². The normalized spacial score (nSPS) is 28.8. The summed E-state index contributed by atoms with van der Waals surface area (Å²) in [4.78, 5) is 109. The van der Waals surface area contributed by atoms with E-state index in [0.717, 1.165) is 30.7 Å². The number of carbonyl (C=O) groups excluding carboxylic acids is 1. The monoisotopic (exact) mass is 1250 g/mol. The van der Waals surface area contributed by atoms with Crippen molar-refractivity contribution in [3.8, 4) is 0 Å². The minimum absolute atomic E-state index is 0.000645. The first kappa shape index (κ1) is 60.7. The Balaban J connectivity index is 0.876. The fourth-order valence-electron chi connectivity index (χ4n) is 9.03. The summed E-state index contributed by atoms with van der Waals surface area (Å²) < 4.78 is 116. The van der Waals surface area contributed by atoms with Crippen LogP contribution in [0.4, 0.5) is 22.5 Å². The third kappa shape index (κ3) is 12.8. The molecule has 3 fully saturated rings. The maximum Gasteiger partial charge on any atom is 0.490 e. The van der Waals surface area contributed by atoms with Gasteiger partial charge in [0.05, 0.1) is 51.5 Å². The molecule has 0 radical (unpaired) electrons. The summed E-state index contributed by atoms with van der Waals surface area (Å²) in [5.41, 5.74) is 15.5. The highest BCUT2D eigenvalue weighted by Gasteiger charge is 2.54. The number of carbonyl (C=O) groups is 1. The number of rotatable bonds is 23. The molecule has 82 heavy (non-hydrogen) atoms. The number of phosphoric acid groups is 4. The molecule has 9 rings (SSSR count). The minimum atomic E-state index is -6.26. The van der Waals surface area contributed by atoms with Crippen LogP contribution in [0, 0.1) is 5.92 Å². The van der Waals surface area contributed by atoms with Crippen molar-refractivity contribution in [3.63, 3.8) is 0 Å². The Bertz CT molecular complexity index is 3680. The first-order valence-corrected chi connectivity index (χ1v) is 29.8. The number of aromatic nitrogens is 12. The number of aliphatic hydroxyl groups excluding tert-OH is 3. The number of ether oxygens (including phenoxy) is 5. The van der Waals surface area contributed by atoms with Gasteiger partial charge in [-0.15, -0.1) is 0 Å². The zero-order valence-electron chi connectivity index (χ0n) is 42.5. The second kappa shape index (κ2) is 23.7. The van der Waals surface area contributed by atoms with Crippen LogP contribution in [0.2, 0.25) is 0 Å². The number of nitrogens with two attached hydrogens (primary N) is 3. The van der Waals surface area contributed by atoms with Gasteiger partial charge in [0.25, 0.3) is 17.1 Å². The number of hydrogen-bond donors (Lipinski definition) is 13. The zero-order chi connectivity index (χ0) is 59.4. The second-order valence-corrected chi connectivity index (χ2v) is 24.2. The molecule has 16 atom stereocenters. The third-order valence-electron chi connectivity index (χ3n) is 12.7. The quantitative estimate of drug-likeness (QED) is 0.0221. The largest absolute Gasteiger partial charge is 0.490 e. The molecule has 9 heterocycles. The number of nitrogens with zero attached hydrogens (tertiary/aromatic N) is 10. The molecule has 0 bridgehead atoms. The highest BCUT2D eigenvalue weighted by Crippen LogP contribution is 2.68. The molecular weight excluding hydrogens is 1190 g/mol. The lowest BCUT2D eigenvalue weighted by atomic mass is 9.99. The molecular formula is C37H53N16O25P4+. The molecule has 41 nitrogen and oxygen atoms in total. The molecule has 3 aliphatic heterocycles. The molecule has 45 heteroatoms. The molecule has 4 unspecified atom stereocenters. The highest BCUT2D eigenvalue weighted by atomic mass is 31.3. The van der Waals surface area contributed by atoms with Crippen molar-refractivity contribution < 1.29 is 113 Å². The second-order valence-electron chi connectivity index (χ2n) is 18.2. The average Bonchev–Trinajstić information content (AvgIpc) is 3.79. The van der Waals surface area contributed by atoms with E-state index in [2.05, 4.69) is 53.8 Å². The van der Waals surface area contributed by atoms with E-state index in [0.29, 0.717) is 6.42 Å². The van der Waals surface area contributed by atoms with Gasteiger partial charge in [0.1, 0.15) is 61.2 Å². The fourth-order valence-corrected chi connectivity index (χ4v) is 13.5. The van der Waals surface area contributed by atoms with E-state index < -0.39 is 148 Å². The Morgan fingerprint density at radius 2 is 1.34 bits per heavy atom. The minimum Gasteiger partial charge on any atom is -0.449 e. The standard InChI is InChI=1S/C37H52N16O25P4/c1-4-5-41-37(59)69-6-14-15(73-32(21(14)54)53-13-50(2)20-29(53)47-36(40)49-31(20)58)7-71-80(62,63)77-82(66,67)78-81(64,65)72-9-17-24(25(68-3)34(75-17)51-11-44-18-26(38)42-10-43-27(18)51)76-79(60,61)70-8-16-22(55)23(56)33(74-16)52-12-45-19-28(52)46-35(39)48-30(19)57/h10-17,21-25,32-34,54-56H,4-9H2,1-3H3,(H12-,38,39,40,41,42,43,46,47,48,49,57,58,59,60,61,62,63,64,65,66,67)/p+1/t14-,15-,16-,17-,21-,22-,23-,24-,25-,32-,33-,34-/m1/s1. The van der Waals surface area contributed by atoms with Crippen LogP contribution in [0.1, 0.15) is 32.0 Å². The Kier molecular flexibility index (Phi) is 17.5. The number of hydrogen-bond acceptors (Lipinski definition) is 30. The number of fused-ring (bicyclic) bond motifs is 3. The fraction of sp³-hybridized carbons (Fsp3) is 0.568. The van der Waals surface area contributed by atoms with Gasteiger partial charge in [-0.1, -0.05) is 11.9 Å². The van der Waals surface area contributed by atoms with E-state index in [-0.39, 0.29) is 57.8 Å². The summed E-state index contributed by atoms with van der Waals surface area (Å²) in [5, 5.41) is 35.7. The van der Waals surface area contributed by atoms with Crippen LogP contribution in [0.5, 0.6) is 0 Å². The number of H-pyrrole nitrogens is 2. The van der Waals surface area contributed by atoms with Crippen LogP contribution in [-0.2, 0) is 75.7 Å². The van der Waals surface area contributed by atoms with Gasteiger partial charge in [0.2, 0.25) is 17.7 Å². The van der Waals surface area contributed by atoms with Gasteiger partial charge in [0.15, 0.2) is 41.4 Å². The molecule has 0 aromatic carbocycles. The number of phosphoric ester groups is 3. The number of amides is 1. The number of aromatic amines is 2. The number of anilines is 3. The molecule has 0 spiro atoms. The molecule has 3 saturated heterocycles. The summed E-state index contributed by atoms with van der Waals surface area (Å²) in [6.07, 6.45) is -14.0. The summed E-state index contributed by atoms with van der Waals surface area (Å²) in [6.45, 7) is -2.02. The number of methoxy groups -OCH3 is 1. The number of aryl methyl sites for hydroxylation is 1. The van der Waals surface area contributed by atoms with Crippen LogP contribution in [0.3, 0.4) is 0 Å². The zero-order valence-corrected chi connectivity index (χ0v) is 46.0. The highest BCUT2D eigenvalue weighted by molar-refractivity contribution is 7.66. The predicted octanol–water partition coefficient (Wildman–Crippen LogP) is -3.32. The van der Waals surface area contributed by atoms with Gasteiger partial charge in [-0.2, -0.15) is 13.6 Å². The topological polar surface area (TPSA) is 580 Å².